The van der Waals surface area contributed by atoms with E-state index in [9.17, 15) is 5.11 Å². The number of aromatic nitrogens is 2. The van der Waals surface area contributed by atoms with Crippen molar-refractivity contribution in [1.82, 2.24) is 14.5 Å². The normalized spacial score (nSPS) is 18.6. The highest BCUT2D eigenvalue weighted by Gasteiger charge is 2.15. The second-order valence-electron chi connectivity index (χ2n) is 2.62. The monoisotopic (exact) mass is 166 g/mol. The van der Waals surface area contributed by atoms with Gasteiger partial charge in [0.05, 0.1) is 19.2 Å². The van der Waals surface area contributed by atoms with Gasteiger partial charge in [-0.05, 0) is 0 Å². The third-order valence-electron chi connectivity index (χ3n) is 1.81. The SMILES string of the molecule is OC(N1C=NCC1)n1ccnc1. The summed E-state index contributed by atoms with van der Waals surface area (Å²) in [6.45, 7) is 1.52. The van der Waals surface area contributed by atoms with Crippen LogP contribution in [-0.2, 0) is 0 Å². The van der Waals surface area contributed by atoms with Crippen molar-refractivity contribution in [1.29, 1.82) is 0 Å². The smallest absolute Gasteiger partial charge is 0.213 e. The zero-order valence-corrected chi connectivity index (χ0v) is 6.54. The first-order valence-corrected chi connectivity index (χ1v) is 3.79. The summed E-state index contributed by atoms with van der Waals surface area (Å²) in [5.74, 6) is 0. The van der Waals surface area contributed by atoms with E-state index in [1.54, 1.807) is 34.5 Å². The lowest BCUT2D eigenvalue weighted by Crippen LogP contribution is -2.29. The van der Waals surface area contributed by atoms with Gasteiger partial charge in [-0.25, -0.2) is 4.98 Å². The Bertz CT molecular complexity index is 269. The molecule has 12 heavy (non-hydrogen) atoms. The number of aliphatic imine (C=N–C) groups is 1. The van der Waals surface area contributed by atoms with Gasteiger partial charge in [0.2, 0.25) is 6.35 Å². The molecule has 0 spiro atoms. The third-order valence-corrected chi connectivity index (χ3v) is 1.81. The van der Waals surface area contributed by atoms with Gasteiger partial charge in [-0.15, -0.1) is 0 Å². The molecular weight excluding hydrogens is 156 g/mol. The van der Waals surface area contributed by atoms with Crippen LogP contribution in [0.1, 0.15) is 6.35 Å². The Balaban J connectivity index is 2.09. The molecule has 0 aliphatic carbocycles. The van der Waals surface area contributed by atoms with Crippen molar-refractivity contribution in [2.75, 3.05) is 13.1 Å². The Morgan fingerprint density at radius 2 is 2.42 bits per heavy atom. The molecule has 0 fully saturated rings. The molecule has 5 heteroatoms. The van der Waals surface area contributed by atoms with Crippen LogP contribution in [0.3, 0.4) is 0 Å². The van der Waals surface area contributed by atoms with Crippen LogP contribution in [0.2, 0.25) is 0 Å². The van der Waals surface area contributed by atoms with Crippen LogP contribution >= 0.6 is 0 Å². The van der Waals surface area contributed by atoms with Crippen molar-refractivity contribution >= 4 is 6.34 Å². The fraction of sp³-hybridized carbons (Fsp3) is 0.429. The van der Waals surface area contributed by atoms with Crippen LogP contribution in [-0.4, -0.2) is 39.0 Å². The van der Waals surface area contributed by atoms with Gasteiger partial charge in [0.15, 0.2) is 0 Å². The molecular formula is C7H10N4O. The molecule has 0 aromatic carbocycles. The Hall–Kier alpha value is -1.36. The summed E-state index contributed by atoms with van der Waals surface area (Å²) in [6, 6.07) is 0. The Labute approximate surface area is 70.0 Å². The van der Waals surface area contributed by atoms with Gasteiger partial charge in [0.25, 0.3) is 0 Å². The first-order valence-electron chi connectivity index (χ1n) is 3.79. The molecule has 1 atom stereocenters. The highest BCUT2D eigenvalue weighted by atomic mass is 16.3. The highest BCUT2D eigenvalue weighted by molar-refractivity contribution is 5.56. The minimum absolute atomic E-state index is 0.668. The molecule has 5 nitrogen and oxygen atoms in total. The fourth-order valence-corrected chi connectivity index (χ4v) is 1.15. The Morgan fingerprint density at radius 3 is 3.00 bits per heavy atom. The van der Waals surface area contributed by atoms with E-state index in [2.05, 4.69) is 9.98 Å². The third kappa shape index (κ3) is 1.18. The molecule has 1 unspecified atom stereocenters. The number of rotatable bonds is 2. The summed E-state index contributed by atoms with van der Waals surface area (Å²) in [6.07, 6.45) is 5.92. The topological polar surface area (TPSA) is 53.6 Å². The average molecular weight is 166 g/mol. The zero-order chi connectivity index (χ0) is 8.39. The summed E-state index contributed by atoms with van der Waals surface area (Å²) in [5.41, 5.74) is 0. The summed E-state index contributed by atoms with van der Waals surface area (Å²) in [4.78, 5) is 9.60. The quantitative estimate of drug-likeness (QED) is 0.654. The Kier molecular flexibility index (Phi) is 1.79. The number of hydrogen-bond donors (Lipinski definition) is 1. The molecule has 2 rings (SSSR count). The van der Waals surface area contributed by atoms with E-state index in [1.165, 1.54) is 0 Å². The lowest BCUT2D eigenvalue weighted by atomic mass is 10.6. The standard InChI is InChI=1S/C7H10N4O/c12-7(10-3-1-8-5-10)11-4-2-9-6-11/h1,3,5-7,12H,2,4H2. The molecule has 0 amide bonds. The number of aliphatic hydroxyl groups is 1. The van der Waals surface area contributed by atoms with Gasteiger partial charge in [-0.3, -0.25) is 9.56 Å². The fourth-order valence-electron chi connectivity index (χ4n) is 1.15. The van der Waals surface area contributed by atoms with Crippen molar-refractivity contribution in [3.05, 3.63) is 18.7 Å². The van der Waals surface area contributed by atoms with Gasteiger partial charge >= 0.3 is 0 Å². The molecule has 1 aromatic heterocycles. The number of imidazole rings is 1. The maximum absolute atomic E-state index is 9.67. The summed E-state index contributed by atoms with van der Waals surface area (Å²) < 4.78 is 1.62. The average Bonchev–Trinajstić information content (AvgIpc) is 2.77. The number of nitrogens with zero attached hydrogens (tertiary/aromatic N) is 4. The predicted octanol–water partition coefficient (Wildman–Crippen LogP) is -0.325. The molecule has 1 aliphatic rings. The largest absolute Gasteiger partial charge is 0.356 e. The van der Waals surface area contributed by atoms with Gasteiger partial charge in [-0.1, -0.05) is 0 Å². The molecule has 0 radical (unpaired) electrons. The van der Waals surface area contributed by atoms with Gasteiger partial charge in [0, 0.05) is 18.9 Å². The van der Waals surface area contributed by atoms with Crippen molar-refractivity contribution < 1.29 is 5.11 Å². The van der Waals surface area contributed by atoms with Gasteiger partial charge in [-0.2, -0.15) is 0 Å². The van der Waals surface area contributed by atoms with Crippen LogP contribution < -0.4 is 0 Å². The van der Waals surface area contributed by atoms with Crippen LogP contribution in [0.5, 0.6) is 0 Å². The Morgan fingerprint density at radius 1 is 1.50 bits per heavy atom. The highest BCUT2D eigenvalue weighted by Crippen LogP contribution is 2.08. The summed E-state index contributed by atoms with van der Waals surface area (Å²) in [5, 5.41) is 9.67. The molecule has 1 aromatic rings. The van der Waals surface area contributed by atoms with Crippen LogP contribution in [0.25, 0.3) is 0 Å². The predicted molar refractivity (Wildman–Crippen MR) is 43.5 cm³/mol. The first-order chi connectivity index (χ1) is 5.88. The molecule has 64 valence electrons. The number of aliphatic hydroxyl groups excluding tert-OH is 1. The molecule has 1 aliphatic heterocycles. The number of hydrogen-bond acceptors (Lipinski definition) is 4. The molecule has 0 saturated heterocycles. The van der Waals surface area contributed by atoms with Crippen molar-refractivity contribution in [2.24, 2.45) is 4.99 Å². The minimum Gasteiger partial charge on any atom is -0.356 e. The van der Waals surface area contributed by atoms with Gasteiger partial charge < -0.3 is 10.0 Å². The van der Waals surface area contributed by atoms with E-state index >= 15 is 0 Å². The van der Waals surface area contributed by atoms with E-state index in [4.69, 9.17) is 0 Å². The lowest BCUT2D eigenvalue weighted by Gasteiger charge is -2.21. The summed E-state index contributed by atoms with van der Waals surface area (Å²) >= 11 is 0. The van der Waals surface area contributed by atoms with Crippen molar-refractivity contribution in [3.8, 4) is 0 Å². The van der Waals surface area contributed by atoms with E-state index < -0.39 is 6.35 Å². The van der Waals surface area contributed by atoms with Gasteiger partial charge in [0.1, 0.15) is 0 Å². The van der Waals surface area contributed by atoms with Crippen LogP contribution in [0.4, 0.5) is 0 Å². The molecule has 2 heterocycles. The van der Waals surface area contributed by atoms with E-state index in [0.29, 0.717) is 0 Å². The zero-order valence-electron chi connectivity index (χ0n) is 6.54. The minimum atomic E-state index is -0.668. The molecule has 0 bridgehead atoms. The van der Waals surface area contributed by atoms with Crippen LogP contribution in [0.15, 0.2) is 23.7 Å². The van der Waals surface area contributed by atoms with E-state index in [0.717, 1.165) is 13.1 Å². The summed E-state index contributed by atoms with van der Waals surface area (Å²) in [7, 11) is 0. The second kappa shape index (κ2) is 2.94. The van der Waals surface area contributed by atoms with E-state index in [1.807, 2.05) is 0 Å². The van der Waals surface area contributed by atoms with Crippen LogP contribution in [0, 0.1) is 0 Å². The molecule has 0 saturated carbocycles. The lowest BCUT2D eigenvalue weighted by molar-refractivity contribution is -0.00255. The van der Waals surface area contributed by atoms with E-state index in [-0.39, 0.29) is 0 Å². The van der Waals surface area contributed by atoms with Crippen molar-refractivity contribution in [2.45, 2.75) is 6.35 Å². The first kappa shape index (κ1) is 7.30. The maximum Gasteiger partial charge on any atom is 0.213 e. The maximum atomic E-state index is 9.67. The van der Waals surface area contributed by atoms with Crippen molar-refractivity contribution in [3.63, 3.8) is 0 Å². The molecule has 1 N–H and O–H groups in total. The second-order valence-corrected chi connectivity index (χ2v) is 2.62.